The maximum atomic E-state index is 11.7. The van der Waals surface area contributed by atoms with Gasteiger partial charge in [0.15, 0.2) is 0 Å². The Balaban J connectivity index is 2.46. The summed E-state index contributed by atoms with van der Waals surface area (Å²) in [5, 5.41) is 2.83. The maximum Gasteiger partial charge on any atom is 0.137 e. The first-order valence-corrected chi connectivity index (χ1v) is 2.83. The van der Waals surface area contributed by atoms with Gasteiger partial charge in [0, 0.05) is 6.54 Å². The van der Waals surface area contributed by atoms with E-state index in [-0.39, 0.29) is 6.04 Å². The number of hydrogen-bond donors (Lipinski definition) is 1. The molecule has 1 N–H and O–H groups in total. The van der Waals surface area contributed by atoms with Crippen molar-refractivity contribution in [2.24, 2.45) is 0 Å². The highest BCUT2D eigenvalue weighted by molar-refractivity contribution is 5.59. The summed E-state index contributed by atoms with van der Waals surface area (Å²) in [6.07, 6.45) is 1.90. The molecular formula is C6H8FNO. The van der Waals surface area contributed by atoms with Crippen LogP contribution in [-0.4, -0.2) is 18.9 Å². The number of rotatable bonds is 1. The smallest absolute Gasteiger partial charge is 0.137 e. The second kappa shape index (κ2) is 2.73. The van der Waals surface area contributed by atoms with Crippen molar-refractivity contribution in [2.75, 3.05) is 6.54 Å². The summed E-state index contributed by atoms with van der Waals surface area (Å²) in [4.78, 5) is 10.1. The van der Waals surface area contributed by atoms with Crippen LogP contribution >= 0.6 is 0 Å². The van der Waals surface area contributed by atoms with Gasteiger partial charge in [-0.3, -0.25) is 0 Å². The predicted molar refractivity (Wildman–Crippen MR) is 31.7 cm³/mol. The summed E-state index contributed by atoms with van der Waals surface area (Å²) in [7, 11) is 0. The highest BCUT2D eigenvalue weighted by Gasteiger charge is 2.16. The van der Waals surface area contributed by atoms with E-state index in [1.165, 1.54) is 0 Å². The molecule has 0 aromatic rings. The number of aldehydes is 1. The maximum absolute atomic E-state index is 11.7. The molecule has 0 aromatic carbocycles. The minimum Gasteiger partial charge on any atom is -0.304 e. The SMILES string of the molecule is O=CC1C/C(=C/F)CN1. The van der Waals surface area contributed by atoms with Gasteiger partial charge in [-0.2, -0.15) is 0 Å². The van der Waals surface area contributed by atoms with Gasteiger partial charge in [0.2, 0.25) is 0 Å². The second-order valence-corrected chi connectivity index (χ2v) is 2.09. The molecule has 0 aliphatic carbocycles. The Hall–Kier alpha value is -0.700. The van der Waals surface area contributed by atoms with E-state index in [2.05, 4.69) is 5.32 Å². The van der Waals surface area contributed by atoms with Crippen LogP contribution in [0.3, 0.4) is 0 Å². The van der Waals surface area contributed by atoms with Gasteiger partial charge in [0.05, 0.1) is 12.4 Å². The Morgan fingerprint density at radius 3 is 2.89 bits per heavy atom. The molecule has 1 unspecified atom stereocenters. The van der Waals surface area contributed by atoms with Crippen LogP contribution in [0.1, 0.15) is 6.42 Å². The molecule has 0 amide bonds. The predicted octanol–water partition coefficient (Wildman–Crippen LogP) is 0.401. The number of nitrogens with one attached hydrogen (secondary N) is 1. The van der Waals surface area contributed by atoms with Gasteiger partial charge < -0.3 is 10.1 Å². The van der Waals surface area contributed by atoms with E-state index in [1.54, 1.807) is 0 Å². The molecular weight excluding hydrogens is 121 g/mol. The third kappa shape index (κ3) is 1.36. The first kappa shape index (κ1) is 6.42. The fourth-order valence-corrected chi connectivity index (χ4v) is 0.868. The highest BCUT2D eigenvalue weighted by atomic mass is 19.1. The summed E-state index contributed by atoms with van der Waals surface area (Å²) in [6.45, 7) is 0.514. The van der Waals surface area contributed by atoms with E-state index >= 15 is 0 Å². The van der Waals surface area contributed by atoms with Crippen LogP contribution in [0.4, 0.5) is 4.39 Å². The summed E-state index contributed by atoms with van der Waals surface area (Å²) in [5.74, 6) is 0. The van der Waals surface area contributed by atoms with E-state index in [0.717, 1.165) is 6.29 Å². The lowest BCUT2D eigenvalue weighted by atomic mass is 10.2. The fraction of sp³-hybridized carbons (Fsp3) is 0.500. The second-order valence-electron chi connectivity index (χ2n) is 2.09. The third-order valence-electron chi connectivity index (χ3n) is 1.39. The molecule has 50 valence electrons. The molecule has 0 radical (unpaired) electrons. The first-order chi connectivity index (χ1) is 4.36. The molecule has 1 rings (SSSR count). The summed E-state index contributed by atoms with van der Waals surface area (Å²) < 4.78 is 11.7. The molecule has 9 heavy (non-hydrogen) atoms. The molecule has 1 saturated heterocycles. The molecule has 0 spiro atoms. The van der Waals surface area contributed by atoms with Crippen LogP contribution in [0.5, 0.6) is 0 Å². The van der Waals surface area contributed by atoms with Crippen molar-refractivity contribution in [1.29, 1.82) is 0 Å². The average Bonchev–Trinajstić information content (AvgIpc) is 2.34. The molecule has 3 heteroatoms. The normalized spacial score (nSPS) is 31.2. The van der Waals surface area contributed by atoms with E-state index in [0.29, 0.717) is 24.9 Å². The number of halogens is 1. The van der Waals surface area contributed by atoms with Crippen molar-refractivity contribution < 1.29 is 9.18 Å². The standard InChI is InChI=1S/C6H8FNO/c7-2-5-1-6(4-9)8-3-5/h2,4,6,8H,1,3H2/b5-2-. The van der Waals surface area contributed by atoms with Gasteiger partial charge in [-0.15, -0.1) is 0 Å². The minimum absolute atomic E-state index is 0.160. The highest BCUT2D eigenvalue weighted by Crippen LogP contribution is 2.10. The molecule has 1 heterocycles. The summed E-state index contributed by atoms with van der Waals surface area (Å²) in [5.41, 5.74) is 0.673. The van der Waals surface area contributed by atoms with Gasteiger partial charge >= 0.3 is 0 Å². The van der Waals surface area contributed by atoms with E-state index in [9.17, 15) is 9.18 Å². The lowest BCUT2D eigenvalue weighted by molar-refractivity contribution is -0.109. The first-order valence-electron chi connectivity index (χ1n) is 2.83. The summed E-state index contributed by atoms with van der Waals surface area (Å²) in [6, 6.07) is -0.160. The number of hydrogen-bond acceptors (Lipinski definition) is 2. The van der Waals surface area contributed by atoms with Crippen LogP contribution in [0, 0.1) is 0 Å². The van der Waals surface area contributed by atoms with Crippen molar-refractivity contribution in [2.45, 2.75) is 12.5 Å². The lowest BCUT2D eigenvalue weighted by Crippen LogP contribution is -2.21. The molecule has 1 aliphatic rings. The zero-order valence-corrected chi connectivity index (χ0v) is 4.93. The van der Waals surface area contributed by atoms with Crippen LogP contribution in [0.15, 0.2) is 11.9 Å². The van der Waals surface area contributed by atoms with Crippen molar-refractivity contribution in [3.8, 4) is 0 Å². The topological polar surface area (TPSA) is 29.1 Å². The molecule has 1 aliphatic heterocycles. The monoisotopic (exact) mass is 129 g/mol. The van der Waals surface area contributed by atoms with Gasteiger partial charge in [0.25, 0.3) is 0 Å². The van der Waals surface area contributed by atoms with Crippen molar-refractivity contribution >= 4 is 6.29 Å². The minimum atomic E-state index is -0.160. The van der Waals surface area contributed by atoms with Gasteiger partial charge in [-0.25, -0.2) is 4.39 Å². The Labute approximate surface area is 52.7 Å². The average molecular weight is 129 g/mol. The molecule has 1 atom stereocenters. The quantitative estimate of drug-likeness (QED) is 0.519. The Morgan fingerprint density at radius 1 is 1.78 bits per heavy atom. The van der Waals surface area contributed by atoms with Crippen molar-refractivity contribution in [3.05, 3.63) is 11.9 Å². The number of carbonyl (C=O) groups excluding carboxylic acids is 1. The van der Waals surface area contributed by atoms with Crippen LogP contribution in [-0.2, 0) is 4.79 Å². The van der Waals surface area contributed by atoms with E-state index in [1.807, 2.05) is 0 Å². The van der Waals surface area contributed by atoms with Crippen LogP contribution in [0.25, 0.3) is 0 Å². The molecule has 2 nitrogen and oxygen atoms in total. The van der Waals surface area contributed by atoms with E-state index < -0.39 is 0 Å². The van der Waals surface area contributed by atoms with Gasteiger partial charge in [0.1, 0.15) is 6.29 Å². The summed E-state index contributed by atoms with van der Waals surface area (Å²) >= 11 is 0. The van der Waals surface area contributed by atoms with Gasteiger partial charge in [-0.05, 0) is 12.0 Å². The molecule has 0 aromatic heterocycles. The molecule has 0 bridgehead atoms. The lowest BCUT2D eigenvalue weighted by Gasteiger charge is -1.93. The number of carbonyl (C=O) groups is 1. The fourth-order valence-electron chi connectivity index (χ4n) is 0.868. The zero-order valence-electron chi connectivity index (χ0n) is 4.93. The van der Waals surface area contributed by atoms with Crippen LogP contribution in [0.2, 0.25) is 0 Å². The largest absolute Gasteiger partial charge is 0.304 e. The molecule has 1 fully saturated rings. The van der Waals surface area contributed by atoms with Crippen LogP contribution < -0.4 is 5.32 Å². The van der Waals surface area contributed by atoms with Gasteiger partial charge in [-0.1, -0.05) is 0 Å². The molecule has 0 saturated carbocycles. The zero-order chi connectivity index (χ0) is 6.69. The third-order valence-corrected chi connectivity index (χ3v) is 1.39. The Morgan fingerprint density at radius 2 is 2.56 bits per heavy atom. The van der Waals surface area contributed by atoms with Crippen molar-refractivity contribution in [3.63, 3.8) is 0 Å². The Bertz CT molecular complexity index is 144. The van der Waals surface area contributed by atoms with E-state index in [4.69, 9.17) is 0 Å². The Kier molecular flexibility index (Phi) is 1.95. The van der Waals surface area contributed by atoms with Crippen molar-refractivity contribution in [1.82, 2.24) is 5.32 Å².